The molecule has 0 N–H and O–H groups in total. The molecule has 1 aliphatic heterocycles. The number of esters is 1. The number of hydrogen-bond acceptors (Lipinski definition) is 3. The molecule has 0 aliphatic carbocycles. The lowest BCUT2D eigenvalue weighted by molar-refractivity contribution is -0.149. The third-order valence-corrected chi connectivity index (χ3v) is 3.39. The average Bonchev–Trinajstić information content (AvgIpc) is 2.34. The van der Waals surface area contributed by atoms with Crippen molar-refractivity contribution in [2.75, 3.05) is 26.2 Å². The first kappa shape index (κ1) is 16.3. The second kappa shape index (κ2) is 7.72. The first-order valence-electron chi connectivity index (χ1n) is 6.88. The van der Waals surface area contributed by atoms with Crippen LogP contribution in [0.4, 0.5) is 13.2 Å². The van der Waals surface area contributed by atoms with Crippen LogP contribution in [0, 0.1) is 5.92 Å². The fourth-order valence-corrected chi connectivity index (χ4v) is 2.31. The van der Waals surface area contributed by atoms with E-state index in [1.54, 1.807) is 6.92 Å². The monoisotopic (exact) mass is 281 g/mol. The van der Waals surface area contributed by atoms with E-state index in [2.05, 4.69) is 4.90 Å². The van der Waals surface area contributed by atoms with E-state index >= 15 is 0 Å². The predicted molar refractivity (Wildman–Crippen MR) is 65.7 cm³/mol. The number of halogens is 3. The SMILES string of the molecule is CCOC(=O)C1CCN(CCCCC(F)(F)F)CC1. The number of likely N-dealkylation sites (tertiary alicyclic amines) is 1. The fourth-order valence-electron chi connectivity index (χ4n) is 2.31. The van der Waals surface area contributed by atoms with Crippen LogP contribution in [0.2, 0.25) is 0 Å². The maximum absolute atomic E-state index is 12.0. The van der Waals surface area contributed by atoms with Crippen LogP contribution in [0.5, 0.6) is 0 Å². The molecule has 0 spiro atoms. The Kier molecular flexibility index (Phi) is 6.62. The zero-order valence-electron chi connectivity index (χ0n) is 11.3. The van der Waals surface area contributed by atoms with Gasteiger partial charge in [-0.25, -0.2) is 0 Å². The molecule has 1 rings (SSSR count). The number of rotatable bonds is 6. The van der Waals surface area contributed by atoms with E-state index in [1.165, 1.54) is 0 Å². The third kappa shape index (κ3) is 6.80. The normalized spacial score (nSPS) is 18.5. The molecule has 0 radical (unpaired) electrons. The molecular weight excluding hydrogens is 259 g/mol. The average molecular weight is 281 g/mol. The Morgan fingerprint density at radius 3 is 2.42 bits per heavy atom. The highest BCUT2D eigenvalue weighted by Gasteiger charge is 2.27. The van der Waals surface area contributed by atoms with E-state index in [4.69, 9.17) is 4.74 Å². The van der Waals surface area contributed by atoms with Gasteiger partial charge in [0.15, 0.2) is 0 Å². The zero-order chi connectivity index (χ0) is 14.3. The lowest BCUT2D eigenvalue weighted by Crippen LogP contribution is -2.37. The van der Waals surface area contributed by atoms with Gasteiger partial charge in [0, 0.05) is 6.42 Å². The van der Waals surface area contributed by atoms with Crippen LogP contribution in [0.1, 0.15) is 39.0 Å². The number of nitrogens with zero attached hydrogens (tertiary/aromatic N) is 1. The fraction of sp³-hybridized carbons (Fsp3) is 0.923. The minimum Gasteiger partial charge on any atom is -0.466 e. The van der Waals surface area contributed by atoms with Crippen molar-refractivity contribution in [3.8, 4) is 0 Å². The maximum atomic E-state index is 12.0. The van der Waals surface area contributed by atoms with Crippen molar-refractivity contribution < 1.29 is 22.7 Å². The minimum absolute atomic E-state index is 0.0358. The summed E-state index contributed by atoms with van der Waals surface area (Å²) in [5, 5.41) is 0. The Balaban J connectivity index is 2.11. The summed E-state index contributed by atoms with van der Waals surface area (Å²) in [7, 11) is 0. The van der Waals surface area contributed by atoms with Gasteiger partial charge in [0.2, 0.25) is 0 Å². The summed E-state index contributed by atoms with van der Waals surface area (Å²) < 4.78 is 40.9. The van der Waals surface area contributed by atoms with Gasteiger partial charge in [0.05, 0.1) is 12.5 Å². The molecule has 0 bridgehead atoms. The largest absolute Gasteiger partial charge is 0.466 e. The molecule has 0 aromatic carbocycles. The van der Waals surface area contributed by atoms with Crippen molar-refractivity contribution in [2.24, 2.45) is 5.92 Å². The van der Waals surface area contributed by atoms with Gasteiger partial charge < -0.3 is 9.64 Å². The predicted octanol–water partition coefficient (Wildman–Crippen LogP) is 2.99. The van der Waals surface area contributed by atoms with Crippen LogP contribution < -0.4 is 0 Å². The molecule has 1 aliphatic rings. The first-order valence-corrected chi connectivity index (χ1v) is 6.88. The zero-order valence-corrected chi connectivity index (χ0v) is 11.3. The summed E-state index contributed by atoms with van der Waals surface area (Å²) in [5.74, 6) is -0.175. The second-order valence-corrected chi connectivity index (χ2v) is 4.94. The van der Waals surface area contributed by atoms with Gasteiger partial charge in [-0.3, -0.25) is 4.79 Å². The van der Waals surface area contributed by atoms with E-state index in [0.717, 1.165) is 25.9 Å². The standard InChI is InChI=1S/C13H22F3NO2/c1-2-19-12(18)11-5-9-17(10-6-11)8-4-3-7-13(14,15)16/h11H,2-10H2,1H3. The van der Waals surface area contributed by atoms with Gasteiger partial charge in [-0.2, -0.15) is 13.2 Å². The van der Waals surface area contributed by atoms with Crippen molar-refractivity contribution in [1.29, 1.82) is 0 Å². The summed E-state index contributed by atoms with van der Waals surface area (Å²) in [4.78, 5) is 13.6. The van der Waals surface area contributed by atoms with Gasteiger partial charge >= 0.3 is 12.1 Å². The van der Waals surface area contributed by atoms with Crippen molar-refractivity contribution in [3.05, 3.63) is 0 Å². The van der Waals surface area contributed by atoms with E-state index in [0.29, 0.717) is 19.6 Å². The Hall–Kier alpha value is -0.780. The highest BCUT2D eigenvalue weighted by molar-refractivity contribution is 5.72. The van der Waals surface area contributed by atoms with Gasteiger partial charge in [0.25, 0.3) is 0 Å². The van der Waals surface area contributed by atoms with Gasteiger partial charge in [-0.05, 0) is 52.2 Å². The lowest BCUT2D eigenvalue weighted by atomic mass is 9.97. The van der Waals surface area contributed by atoms with Gasteiger partial charge in [0.1, 0.15) is 0 Å². The van der Waals surface area contributed by atoms with Crippen LogP contribution >= 0.6 is 0 Å². The van der Waals surface area contributed by atoms with Gasteiger partial charge in [-0.1, -0.05) is 0 Å². The summed E-state index contributed by atoms with van der Waals surface area (Å²) in [6.07, 6.45) is -2.51. The molecule has 1 heterocycles. The molecular formula is C13H22F3NO2. The molecule has 0 saturated carbocycles. The number of ether oxygens (including phenoxy) is 1. The van der Waals surface area contributed by atoms with Gasteiger partial charge in [-0.15, -0.1) is 0 Å². The smallest absolute Gasteiger partial charge is 0.389 e. The molecule has 3 nitrogen and oxygen atoms in total. The van der Waals surface area contributed by atoms with Crippen molar-refractivity contribution in [3.63, 3.8) is 0 Å². The number of alkyl halides is 3. The molecule has 0 atom stereocenters. The first-order chi connectivity index (χ1) is 8.92. The van der Waals surface area contributed by atoms with Crippen LogP contribution in [0.25, 0.3) is 0 Å². The maximum Gasteiger partial charge on any atom is 0.389 e. The van der Waals surface area contributed by atoms with Crippen LogP contribution in [-0.4, -0.2) is 43.3 Å². The van der Waals surface area contributed by atoms with Crippen LogP contribution in [0.3, 0.4) is 0 Å². The molecule has 19 heavy (non-hydrogen) atoms. The highest BCUT2D eigenvalue weighted by atomic mass is 19.4. The van der Waals surface area contributed by atoms with Crippen molar-refractivity contribution in [2.45, 2.75) is 45.2 Å². The number of hydrogen-bond donors (Lipinski definition) is 0. The topological polar surface area (TPSA) is 29.5 Å². The Bertz CT molecular complexity index is 274. The Morgan fingerprint density at radius 2 is 1.89 bits per heavy atom. The second-order valence-electron chi connectivity index (χ2n) is 4.94. The van der Waals surface area contributed by atoms with Crippen molar-refractivity contribution >= 4 is 5.97 Å². The van der Waals surface area contributed by atoms with E-state index < -0.39 is 12.6 Å². The molecule has 112 valence electrons. The van der Waals surface area contributed by atoms with Crippen molar-refractivity contribution in [1.82, 2.24) is 4.90 Å². The Labute approximate surface area is 112 Å². The lowest BCUT2D eigenvalue weighted by Gasteiger charge is -2.30. The third-order valence-electron chi connectivity index (χ3n) is 3.39. The summed E-state index contributed by atoms with van der Waals surface area (Å²) in [6.45, 7) is 4.42. The number of piperidine rings is 1. The molecule has 0 amide bonds. The summed E-state index contributed by atoms with van der Waals surface area (Å²) in [6, 6.07) is 0. The molecule has 1 saturated heterocycles. The van der Waals surface area contributed by atoms with Crippen LogP contribution in [-0.2, 0) is 9.53 Å². The molecule has 0 aromatic heterocycles. The van der Waals surface area contributed by atoms with E-state index in [1.807, 2.05) is 0 Å². The van der Waals surface area contributed by atoms with E-state index in [9.17, 15) is 18.0 Å². The van der Waals surface area contributed by atoms with E-state index in [-0.39, 0.29) is 18.3 Å². The number of unbranched alkanes of at least 4 members (excludes halogenated alkanes) is 1. The molecule has 1 fully saturated rings. The van der Waals surface area contributed by atoms with Crippen LogP contribution in [0.15, 0.2) is 0 Å². The quantitative estimate of drug-likeness (QED) is 0.553. The highest BCUT2D eigenvalue weighted by Crippen LogP contribution is 2.23. The molecule has 0 aromatic rings. The number of carbonyl (C=O) groups excluding carboxylic acids is 1. The summed E-state index contributed by atoms with van der Waals surface area (Å²) in [5.41, 5.74) is 0. The molecule has 6 heteroatoms. The minimum atomic E-state index is -4.04. The Morgan fingerprint density at radius 1 is 1.26 bits per heavy atom. The molecule has 0 unspecified atom stereocenters. The summed E-state index contributed by atoms with van der Waals surface area (Å²) >= 11 is 0. The number of carbonyl (C=O) groups is 1.